The molecule has 0 aromatic carbocycles. The molecule has 28 heavy (non-hydrogen) atoms. The van der Waals surface area contributed by atoms with Gasteiger partial charge in [-0.25, -0.2) is 0 Å². The van der Waals surface area contributed by atoms with Crippen molar-refractivity contribution in [1.29, 1.82) is 0 Å². The molecule has 1 rings (SSSR count). The highest BCUT2D eigenvalue weighted by atomic mass is 16.5. The Morgan fingerprint density at radius 3 is 2.36 bits per heavy atom. The number of carbonyl (C=O) groups is 4. The van der Waals surface area contributed by atoms with Crippen LogP contribution in [0.25, 0.3) is 0 Å². The summed E-state index contributed by atoms with van der Waals surface area (Å²) in [5.74, 6) is 0.125. The van der Waals surface area contributed by atoms with Gasteiger partial charge in [-0.15, -0.1) is 0 Å². The normalized spacial score (nSPS) is 17.1. The van der Waals surface area contributed by atoms with Crippen molar-refractivity contribution in [2.24, 2.45) is 0 Å². The monoisotopic (exact) mass is 395 g/mol. The average Bonchev–Trinajstić information content (AvgIpc) is 2.66. The van der Waals surface area contributed by atoms with Gasteiger partial charge in [0.05, 0.1) is 12.6 Å². The van der Waals surface area contributed by atoms with Gasteiger partial charge in [-0.3, -0.25) is 19.2 Å². The van der Waals surface area contributed by atoms with Crippen molar-refractivity contribution >= 4 is 23.4 Å². The van der Waals surface area contributed by atoms with Crippen molar-refractivity contribution in [3.05, 3.63) is 0 Å². The van der Waals surface area contributed by atoms with Crippen LogP contribution in [0.3, 0.4) is 0 Å². The highest BCUT2D eigenvalue weighted by molar-refractivity contribution is 5.95. The first-order valence-electron chi connectivity index (χ1n) is 11.0. The molecule has 0 aromatic heterocycles. The summed E-state index contributed by atoms with van der Waals surface area (Å²) in [5.41, 5.74) is 0. The number of carbonyl (C=O) groups excluding carboxylic acids is 4. The van der Waals surface area contributed by atoms with Gasteiger partial charge in [-0.1, -0.05) is 39.0 Å². The van der Waals surface area contributed by atoms with Gasteiger partial charge in [-0.05, 0) is 26.2 Å². The molecule has 6 nitrogen and oxygen atoms in total. The summed E-state index contributed by atoms with van der Waals surface area (Å²) in [6.45, 7) is 4.67. The Labute approximate surface area is 169 Å². The fourth-order valence-electron chi connectivity index (χ4n) is 3.62. The van der Waals surface area contributed by atoms with Gasteiger partial charge in [0.2, 0.25) is 5.91 Å². The maximum absolute atomic E-state index is 12.3. The molecule has 1 unspecified atom stereocenters. The first-order valence-corrected chi connectivity index (χ1v) is 11.0. The summed E-state index contributed by atoms with van der Waals surface area (Å²) in [6, 6.07) is -0.380. The highest BCUT2D eigenvalue weighted by Gasteiger charge is 2.33. The van der Waals surface area contributed by atoms with Crippen LogP contribution in [0, 0.1) is 0 Å². The fraction of sp³-hybridized carbons (Fsp3) is 0.818. The van der Waals surface area contributed by atoms with Crippen LogP contribution in [0.15, 0.2) is 0 Å². The van der Waals surface area contributed by atoms with E-state index >= 15 is 0 Å². The van der Waals surface area contributed by atoms with Crippen LogP contribution in [-0.4, -0.2) is 47.5 Å². The topological polar surface area (TPSA) is 80.8 Å². The molecule has 0 spiro atoms. The fourth-order valence-corrected chi connectivity index (χ4v) is 3.62. The molecule has 0 aromatic rings. The zero-order chi connectivity index (χ0) is 20.8. The van der Waals surface area contributed by atoms with E-state index in [9.17, 15) is 19.2 Å². The van der Waals surface area contributed by atoms with Gasteiger partial charge in [0, 0.05) is 38.6 Å². The lowest BCUT2D eigenvalue weighted by Crippen LogP contribution is -2.49. The van der Waals surface area contributed by atoms with Crippen LogP contribution in [0.1, 0.15) is 97.3 Å². The summed E-state index contributed by atoms with van der Waals surface area (Å²) in [4.78, 5) is 49.6. The maximum Gasteiger partial charge on any atom is 0.305 e. The molecule has 0 radical (unpaired) electrons. The third kappa shape index (κ3) is 9.47. The number of ether oxygens (including phenoxy) is 1. The Bertz CT molecular complexity index is 517. The number of nitrogens with zero attached hydrogens (tertiary/aromatic N) is 1. The predicted octanol–water partition coefficient (Wildman–Crippen LogP) is 3.99. The van der Waals surface area contributed by atoms with E-state index in [1.54, 1.807) is 11.8 Å². The van der Waals surface area contributed by atoms with E-state index in [0.717, 1.165) is 44.9 Å². The van der Waals surface area contributed by atoms with Crippen LogP contribution in [0.4, 0.5) is 0 Å². The quantitative estimate of drug-likeness (QED) is 0.309. The van der Waals surface area contributed by atoms with Crippen molar-refractivity contribution in [2.45, 2.75) is 103 Å². The zero-order valence-corrected chi connectivity index (χ0v) is 17.7. The minimum absolute atomic E-state index is 0.00623. The summed E-state index contributed by atoms with van der Waals surface area (Å²) >= 11 is 0. The molecular formula is C22H37NO5. The average molecular weight is 396 g/mol. The Morgan fingerprint density at radius 1 is 0.929 bits per heavy atom. The number of piperidine rings is 1. The van der Waals surface area contributed by atoms with Crippen LogP contribution >= 0.6 is 0 Å². The van der Waals surface area contributed by atoms with E-state index in [2.05, 4.69) is 6.92 Å². The van der Waals surface area contributed by atoms with Crippen molar-refractivity contribution in [3.63, 3.8) is 0 Å². The third-order valence-corrected chi connectivity index (χ3v) is 5.26. The van der Waals surface area contributed by atoms with E-state index in [0.29, 0.717) is 45.3 Å². The minimum Gasteiger partial charge on any atom is -0.466 e. The molecule has 0 bridgehead atoms. The molecule has 1 fully saturated rings. The van der Waals surface area contributed by atoms with E-state index in [-0.39, 0.29) is 35.9 Å². The largest absolute Gasteiger partial charge is 0.466 e. The lowest BCUT2D eigenvalue weighted by molar-refractivity contribution is -0.145. The van der Waals surface area contributed by atoms with Crippen molar-refractivity contribution in [2.75, 3.05) is 13.2 Å². The number of rotatable bonds is 15. The highest BCUT2D eigenvalue weighted by Crippen LogP contribution is 2.21. The minimum atomic E-state index is -0.380. The maximum atomic E-state index is 12.3. The predicted molar refractivity (Wildman–Crippen MR) is 108 cm³/mol. The van der Waals surface area contributed by atoms with Gasteiger partial charge < -0.3 is 9.64 Å². The molecule has 0 N–H and O–H groups in total. The van der Waals surface area contributed by atoms with Gasteiger partial charge >= 0.3 is 5.97 Å². The van der Waals surface area contributed by atoms with Gasteiger partial charge in [-0.2, -0.15) is 0 Å². The van der Waals surface area contributed by atoms with Gasteiger partial charge in [0.1, 0.15) is 5.78 Å². The van der Waals surface area contributed by atoms with Crippen LogP contribution in [0.5, 0.6) is 0 Å². The van der Waals surface area contributed by atoms with Crippen LogP contribution in [-0.2, 0) is 23.9 Å². The summed E-state index contributed by atoms with van der Waals surface area (Å²) in [5, 5.41) is 0. The molecule has 6 heteroatoms. The lowest BCUT2D eigenvalue weighted by atomic mass is 9.94. The Balaban J connectivity index is 2.36. The number of unbranched alkanes of at least 4 members (excludes halogenated alkanes) is 5. The Morgan fingerprint density at radius 2 is 1.64 bits per heavy atom. The summed E-state index contributed by atoms with van der Waals surface area (Å²) in [6.07, 6.45) is 9.04. The van der Waals surface area contributed by atoms with Crippen molar-refractivity contribution in [3.8, 4) is 0 Å². The molecular weight excluding hydrogens is 358 g/mol. The zero-order valence-electron chi connectivity index (χ0n) is 17.7. The first-order chi connectivity index (χ1) is 13.5. The number of likely N-dealkylation sites (tertiary alicyclic amines) is 1. The number of Topliss-reactive ketones (excluding diaryl/α,β-unsaturated/α-hetero) is 2. The molecule has 160 valence electrons. The third-order valence-electron chi connectivity index (χ3n) is 5.26. The summed E-state index contributed by atoms with van der Waals surface area (Å²) < 4.78 is 4.91. The van der Waals surface area contributed by atoms with Gasteiger partial charge in [0.25, 0.3) is 0 Å². The second-order valence-corrected chi connectivity index (χ2v) is 7.57. The molecule has 0 saturated carbocycles. The van der Waals surface area contributed by atoms with Crippen molar-refractivity contribution < 1.29 is 23.9 Å². The first kappa shape index (κ1) is 24.3. The molecule has 1 atom stereocenters. The van der Waals surface area contributed by atoms with Gasteiger partial charge in [0.15, 0.2) is 5.78 Å². The number of amides is 1. The number of hydrogen-bond donors (Lipinski definition) is 0. The second kappa shape index (κ2) is 14.3. The molecule has 1 heterocycles. The SMILES string of the molecule is CCCCCC(=O)CCN1C(=O)CCC(=O)C1CCCCCCC(=O)OCC. The van der Waals surface area contributed by atoms with Crippen LogP contribution in [0.2, 0.25) is 0 Å². The molecule has 0 aliphatic carbocycles. The Kier molecular flexibility index (Phi) is 12.4. The van der Waals surface area contributed by atoms with Crippen LogP contribution < -0.4 is 0 Å². The number of ketones is 2. The molecule has 1 amide bonds. The van der Waals surface area contributed by atoms with Crippen molar-refractivity contribution in [1.82, 2.24) is 4.90 Å². The van der Waals surface area contributed by atoms with E-state index in [1.807, 2.05) is 0 Å². The van der Waals surface area contributed by atoms with E-state index in [1.165, 1.54) is 0 Å². The lowest BCUT2D eigenvalue weighted by Gasteiger charge is -2.34. The Hall–Kier alpha value is -1.72. The van der Waals surface area contributed by atoms with E-state index < -0.39 is 0 Å². The van der Waals surface area contributed by atoms with E-state index in [4.69, 9.17) is 4.74 Å². The molecule has 1 saturated heterocycles. The molecule has 1 aliphatic heterocycles. The summed E-state index contributed by atoms with van der Waals surface area (Å²) in [7, 11) is 0. The second-order valence-electron chi connectivity index (χ2n) is 7.57. The number of esters is 1. The smallest absolute Gasteiger partial charge is 0.305 e. The standard InChI is InChI=1S/C22H37NO5/c1-3-5-8-11-18(24)16-17-23-19(20(25)14-15-21(23)26)12-9-6-7-10-13-22(27)28-4-2/h19H,3-17H2,1-2H3. The molecule has 1 aliphatic rings. The number of hydrogen-bond acceptors (Lipinski definition) is 5.